The summed E-state index contributed by atoms with van der Waals surface area (Å²) in [5.74, 6) is 5.57. The first-order chi connectivity index (χ1) is 7.24. The maximum Gasteiger partial charge on any atom is 0.0777 e. The van der Waals surface area contributed by atoms with Crippen LogP contribution in [0.4, 0.5) is 0 Å². The Morgan fingerprint density at radius 1 is 1.60 bits per heavy atom. The minimum Gasteiger partial charge on any atom is -0.379 e. The van der Waals surface area contributed by atoms with Crippen LogP contribution in [0.2, 0.25) is 0 Å². The predicted octanol–water partition coefficient (Wildman–Crippen LogP) is 1.32. The zero-order valence-corrected chi connectivity index (χ0v) is 9.53. The average Bonchev–Trinajstić information content (AvgIpc) is 2.27. The zero-order valence-electron chi connectivity index (χ0n) is 9.53. The Morgan fingerprint density at radius 3 is 2.80 bits per heavy atom. The Balaban J connectivity index is 2.96. The monoisotopic (exact) mass is 209 g/mol. The van der Waals surface area contributed by atoms with Gasteiger partial charge in [0.2, 0.25) is 0 Å². The molecule has 0 spiro atoms. The maximum absolute atomic E-state index is 5.57. The van der Waals surface area contributed by atoms with Crippen molar-refractivity contribution in [3.63, 3.8) is 0 Å². The summed E-state index contributed by atoms with van der Waals surface area (Å²) in [5, 5.41) is 0. The van der Waals surface area contributed by atoms with Crippen molar-refractivity contribution in [2.45, 2.75) is 32.4 Å². The first-order valence-electron chi connectivity index (χ1n) is 5.14. The molecular weight excluding hydrogens is 190 g/mol. The Hall–Kier alpha value is -0.970. The molecule has 0 aliphatic rings. The number of aryl methyl sites for hydroxylation is 1. The van der Waals surface area contributed by atoms with Crippen molar-refractivity contribution in [2.75, 3.05) is 7.11 Å². The molecule has 0 saturated heterocycles. The molecule has 0 aliphatic heterocycles. The molecule has 0 aromatic carbocycles. The first-order valence-corrected chi connectivity index (χ1v) is 5.14. The normalized spacial score (nSPS) is 14.9. The highest BCUT2D eigenvalue weighted by Gasteiger charge is 2.21. The number of hydrogen-bond acceptors (Lipinski definition) is 4. The van der Waals surface area contributed by atoms with E-state index in [1.807, 2.05) is 19.2 Å². The second-order valence-corrected chi connectivity index (χ2v) is 3.56. The van der Waals surface area contributed by atoms with Crippen LogP contribution in [0.25, 0.3) is 0 Å². The van der Waals surface area contributed by atoms with Crippen LogP contribution in [0.5, 0.6) is 0 Å². The fourth-order valence-electron chi connectivity index (χ4n) is 1.74. The SMILES string of the molecule is CCC(OC)C(NN)c1cnccc1C. The van der Waals surface area contributed by atoms with Crippen LogP contribution >= 0.6 is 0 Å². The second kappa shape index (κ2) is 5.80. The van der Waals surface area contributed by atoms with E-state index >= 15 is 0 Å². The molecule has 1 aromatic heterocycles. The molecule has 0 amide bonds. The highest BCUT2D eigenvalue weighted by molar-refractivity contribution is 5.25. The third kappa shape index (κ3) is 2.75. The van der Waals surface area contributed by atoms with Gasteiger partial charge in [0.15, 0.2) is 0 Å². The van der Waals surface area contributed by atoms with E-state index < -0.39 is 0 Å². The zero-order chi connectivity index (χ0) is 11.3. The fraction of sp³-hybridized carbons (Fsp3) is 0.545. The van der Waals surface area contributed by atoms with Crippen molar-refractivity contribution < 1.29 is 4.74 Å². The summed E-state index contributed by atoms with van der Waals surface area (Å²) in [7, 11) is 1.70. The van der Waals surface area contributed by atoms with Crippen LogP contribution in [0.15, 0.2) is 18.5 Å². The second-order valence-electron chi connectivity index (χ2n) is 3.56. The van der Waals surface area contributed by atoms with Gasteiger partial charge in [-0.3, -0.25) is 16.3 Å². The third-order valence-electron chi connectivity index (χ3n) is 2.67. The van der Waals surface area contributed by atoms with E-state index in [1.54, 1.807) is 13.3 Å². The number of rotatable bonds is 5. The Kier molecular flexibility index (Phi) is 4.68. The molecule has 4 nitrogen and oxygen atoms in total. The first kappa shape index (κ1) is 12.1. The van der Waals surface area contributed by atoms with Crippen molar-refractivity contribution in [2.24, 2.45) is 5.84 Å². The molecule has 3 N–H and O–H groups in total. The van der Waals surface area contributed by atoms with Gasteiger partial charge >= 0.3 is 0 Å². The summed E-state index contributed by atoms with van der Waals surface area (Å²) >= 11 is 0. The van der Waals surface area contributed by atoms with E-state index in [-0.39, 0.29) is 12.1 Å². The molecule has 2 unspecified atom stereocenters. The van der Waals surface area contributed by atoms with Crippen LogP contribution in [0.3, 0.4) is 0 Å². The standard InChI is InChI=1S/C11H19N3O/c1-4-10(15-3)11(14-12)9-7-13-6-5-8(9)2/h5-7,10-11,14H,4,12H2,1-3H3. The average molecular weight is 209 g/mol. The number of nitrogens with one attached hydrogen (secondary N) is 1. The van der Waals surface area contributed by atoms with Gasteiger partial charge in [-0.2, -0.15) is 0 Å². The van der Waals surface area contributed by atoms with Crippen LogP contribution in [0, 0.1) is 6.92 Å². The molecular formula is C11H19N3O. The number of methoxy groups -OCH3 is 1. The highest BCUT2D eigenvalue weighted by Crippen LogP contribution is 2.22. The van der Waals surface area contributed by atoms with Crippen molar-refractivity contribution in [3.05, 3.63) is 29.6 Å². The molecule has 0 aliphatic carbocycles. The van der Waals surface area contributed by atoms with E-state index in [9.17, 15) is 0 Å². The summed E-state index contributed by atoms with van der Waals surface area (Å²) in [6, 6.07) is 1.97. The number of hydrazine groups is 1. The number of nitrogens with two attached hydrogens (primary N) is 1. The van der Waals surface area contributed by atoms with Crippen molar-refractivity contribution >= 4 is 0 Å². The van der Waals surface area contributed by atoms with Crippen LogP contribution in [-0.4, -0.2) is 18.2 Å². The van der Waals surface area contributed by atoms with Gasteiger partial charge in [0.1, 0.15) is 0 Å². The quantitative estimate of drug-likeness (QED) is 0.567. The van der Waals surface area contributed by atoms with Crippen LogP contribution in [-0.2, 0) is 4.74 Å². The minimum atomic E-state index is -0.00583. The van der Waals surface area contributed by atoms with Gasteiger partial charge < -0.3 is 4.74 Å². The molecule has 2 atom stereocenters. The fourth-order valence-corrected chi connectivity index (χ4v) is 1.74. The Bertz CT molecular complexity index is 300. The molecule has 84 valence electrons. The number of aromatic nitrogens is 1. The summed E-state index contributed by atoms with van der Waals surface area (Å²) in [5.41, 5.74) is 5.06. The Morgan fingerprint density at radius 2 is 2.33 bits per heavy atom. The van der Waals surface area contributed by atoms with Crippen LogP contribution in [0.1, 0.15) is 30.5 Å². The largest absolute Gasteiger partial charge is 0.379 e. The van der Waals surface area contributed by atoms with Crippen LogP contribution < -0.4 is 11.3 Å². The van der Waals surface area contributed by atoms with Gasteiger partial charge in [-0.05, 0) is 30.5 Å². The summed E-state index contributed by atoms with van der Waals surface area (Å²) < 4.78 is 5.39. The molecule has 0 bridgehead atoms. The molecule has 1 heterocycles. The van der Waals surface area contributed by atoms with Gasteiger partial charge in [-0.25, -0.2) is 0 Å². The molecule has 1 aromatic rings. The van der Waals surface area contributed by atoms with E-state index in [2.05, 4.69) is 17.3 Å². The minimum absolute atomic E-state index is 0.00583. The lowest BCUT2D eigenvalue weighted by Crippen LogP contribution is -2.37. The summed E-state index contributed by atoms with van der Waals surface area (Å²) in [6.07, 6.45) is 4.58. The van der Waals surface area contributed by atoms with E-state index in [0.717, 1.165) is 12.0 Å². The van der Waals surface area contributed by atoms with Gasteiger partial charge in [-0.1, -0.05) is 6.92 Å². The van der Waals surface area contributed by atoms with E-state index in [0.29, 0.717) is 0 Å². The predicted molar refractivity (Wildman–Crippen MR) is 60.1 cm³/mol. The number of nitrogens with zero attached hydrogens (tertiary/aromatic N) is 1. The molecule has 0 saturated carbocycles. The summed E-state index contributed by atoms with van der Waals surface area (Å²) in [6.45, 7) is 4.12. The van der Waals surface area contributed by atoms with Gasteiger partial charge in [0, 0.05) is 19.5 Å². The van der Waals surface area contributed by atoms with Crippen molar-refractivity contribution in [1.82, 2.24) is 10.4 Å². The number of pyridine rings is 1. The number of hydrogen-bond donors (Lipinski definition) is 2. The third-order valence-corrected chi connectivity index (χ3v) is 2.67. The van der Waals surface area contributed by atoms with E-state index in [4.69, 9.17) is 10.6 Å². The van der Waals surface area contributed by atoms with Crippen molar-refractivity contribution in [3.8, 4) is 0 Å². The lowest BCUT2D eigenvalue weighted by molar-refractivity contribution is 0.0648. The Labute approximate surface area is 90.8 Å². The summed E-state index contributed by atoms with van der Waals surface area (Å²) in [4.78, 5) is 4.11. The highest BCUT2D eigenvalue weighted by atomic mass is 16.5. The maximum atomic E-state index is 5.57. The molecule has 4 heteroatoms. The lowest BCUT2D eigenvalue weighted by atomic mass is 9.98. The topological polar surface area (TPSA) is 60.2 Å². The van der Waals surface area contributed by atoms with Gasteiger partial charge in [-0.15, -0.1) is 0 Å². The smallest absolute Gasteiger partial charge is 0.0777 e. The lowest BCUT2D eigenvalue weighted by Gasteiger charge is -2.25. The van der Waals surface area contributed by atoms with Gasteiger partial charge in [0.05, 0.1) is 12.1 Å². The number of ether oxygens (including phenoxy) is 1. The molecule has 0 radical (unpaired) electrons. The van der Waals surface area contributed by atoms with Crippen molar-refractivity contribution in [1.29, 1.82) is 0 Å². The molecule has 0 fully saturated rings. The van der Waals surface area contributed by atoms with E-state index in [1.165, 1.54) is 5.56 Å². The molecule has 15 heavy (non-hydrogen) atoms. The molecule has 1 rings (SSSR count). The van der Waals surface area contributed by atoms with Gasteiger partial charge in [0.25, 0.3) is 0 Å².